The zero-order chi connectivity index (χ0) is 19.6. The highest BCUT2D eigenvalue weighted by Crippen LogP contribution is 2.27. The summed E-state index contributed by atoms with van der Waals surface area (Å²) in [7, 11) is -1.82. The van der Waals surface area contributed by atoms with E-state index in [9.17, 15) is 13.2 Å². The van der Waals surface area contributed by atoms with Crippen molar-refractivity contribution in [1.29, 1.82) is 0 Å². The van der Waals surface area contributed by atoms with Gasteiger partial charge in [-0.3, -0.25) is 4.79 Å². The van der Waals surface area contributed by atoms with Gasteiger partial charge in [-0.25, -0.2) is 8.42 Å². The predicted molar refractivity (Wildman–Crippen MR) is 105 cm³/mol. The van der Waals surface area contributed by atoms with Crippen molar-refractivity contribution in [1.82, 2.24) is 4.90 Å². The standard InChI is InChI=1S/C21H23NO4S/c1-15-8-10-18(11-9-15)27(24,25)13-12-21(23)22(3)16(2)20-14-17-6-4-5-7-19(17)26-20/h4-11,14,16H,12-13H2,1-3H3. The minimum absolute atomic E-state index is 0.0721. The summed E-state index contributed by atoms with van der Waals surface area (Å²) in [5.74, 6) is 0.221. The molecule has 0 N–H and O–H groups in total. The van der Waals surface area contributed by atoms with Gasteiger partial charge in [0, 0.05) is 18.9 Å². The average Bonchev–Trinajstić information content (AvgIpc) is 3.09. The third kappa shape index (κ3) is 4.22. The molecule has 3 aromatic rings. The van der Waals surface area contributed by atoms with E-state index in [-0.39, 0.29) is 29.0 Å². The van der Waals surface area contributed by atoms with Gasteiger partial charge in [0.15, 0.2) is 9.84 Å². The van der Waals surface area contributed by atoms with Crippen LogP contribution in [0.5, 0.6) is 0 Å². The average molecular weight is 385 g/mol. The van der Waals surface area contributed by atoms with Crippen LogP contribution in [0.3, 0.4) is 0 Å². The molecule has 0 aliphatic rings. The molecule has 0 radical (unpaired) electrons. The van der Waals surface area contributed by atoms with Crippen LogP contribution in [0, 0.1) is 6.92 Å². The third-order valence-electron chi connectivity index (χ3n) is 4.80. The Morgan fingerprint density at radius 3 is 2.44 bits per heavy atom. The van der Waals surface area contributed by atoms with E-state index in [2.05, 4.69) is 0 Å². The van der Waals surface area contributed by atoms with Crippen LogP contribution < -0.4 is 0 Å². The lowest BCUT2D eigenvalue weighted by Gasteiger charge is -2.23. The summed E-state index contributed by atoms with van der Waals surface area (Å²) in [6, 6.07) is 15.9. The molecule has 1 amide bonds. The molecule has 27 heavy (non-hydrogen) atoms. The number of amides is 1. The van der Waals surface area contributed by atoms with E-state index in [1.54, 1.807) is 31.3 Å². The van der Waals surface area contributed by atoms with Crippen molar-refractivity contribution in [3.63, 3.8) is 0 Å². The van der Waals surface area contributed by atoms with Gasteiger partial charge < -0.3 is 9.32 Å². The quantitative estimate of drug-likeness (QED) is 0.640. The maximum Gasteiger partial charge on any atom is 0.223 e. The number of para-hydroxylation sites is 1. The second kappa shape index (κ2) is 7.56. The number of rotatable bonds is 6. The lowest BCUT2D eigenvalue weighted by atomic mass is 10.2. The number of sulfone groups is 1. The fourth-order valence-corrected chi connectivity index (χ4v) is 4.11. The molecule has 5 nitrogen and oxygen atoms in total. The number of carbonyl (C=O) groups is 1. The van der Waals surface area contributed by atoms with E-state index in [0.29, 0.717) is 5.76 Å². The number of furan rings is 1. The summed E-state index contributed by atoms with van der Waals surface area (Å²) in [4.78, 5) is 14.3. The fraction of sp³-hybridized carbons (Fsp3) is 0.286. The van der Waals surface area contributed by atoms with E-state index in [4.69, 9.17) is 4.42 Å². The van der Waals surface area contributed by atoms with Gasteiger partial charge in [-0.15, -0.1) is 0 Å². The number of nitrogens with zero attached hydrogens (tertiary/aromatic N) is 1. The topological polar surface area (TPSA) is 67.6 Å². The Bertz CT molecular complexity index is 1020. The van der Waals surface area contributed by atoms with Gasteiger partial charge in [-0.2, -0.15) is 0 Å². The summed E-state index contributed by atoms with van der Waals surface area (Å²) in [5.41, 5.74) is 1.76. The molecular formula is C21H23NO4S. The van der Waals surface area contributed by atoms with Gasteiger partial charge in [0.25, 0.3) is 0 Å². The molecule has 0 fully saturated rings. The maximum absolute atomic E-state index is 12.5. The van der Waals surface area contributed by atoms with Gasteiger partial charge in [0.1, 0.15) is 11.3 Å². The first kappa shape index (κ1) is 19.2. The summed E-state index contributed by atoms with van der Waals surface area (Å²) in [6.07, 6.45) is -0.0721. The molecule has 2 aromatic carbocycles. The van der Waals surface area contributed by atoms with Crippen LogP contribution in [0.15, 0.2) is 63.9 Å². The van der Waals surface area contributed by atoms with Crippen LogP contribution in [-0.2, 0) is 14.6 Å². The molecule has 0 saturated heterocycles. The van der Waals surface area contributed by atoms with Crippen LogP contribution in [-0.4, -0.2) is 32.0 Å². The highest BCUT2D eigenvalue weighted by atomic mass is 32.2. The van der Waals surface area contributed by atoms with Crippen molar-refractivity contribution in [2.45, 2.75) is 31.2 Å². The van der Waals surface area contributed by atoms with Crippen LogP contribution in [0.1, 0.15) is 30.7 Å². The lowest BCUT2D eigenvalue weighted by Crippen LogP contribution is -2.30. The van der Waals surface area contributed by atoms with Gasteiger partial charge in [-0.05, 0) is 38.1 Å². The number of aryl methyl sites for hydroxylation is 1. The second-order valence-corrected chi connectivity index (χ2v) is 8.86. The maximum atomic E-state index is 12.5. The zero-order valence-electron chi connectivity index (χ0n) is 15.7. The van der Waals surface area contributed by atoms with E-state index in [1.807, 2.05) is 44.2 Å². The first-order valence-corrected chi connectivity index (χ1v) is 10.5. The lowest BCUT2D eigenvalue weighted by molar-refractivity contribution is -0.131. The Balaban J connectivity index is 1.67. The first-order valence-electron chi connectivity index (χ1n) is 8.81. The molecule has 0 spiro atoms. The summed E-state index contributed by atoms with van der Waals surface area (Å²) >= 11 is 0. The van der Waals surface area contributed by atoms with Crippen molar-refractivity contribution in [3.8, 4) is 0 Å². The SMILES string of the molecule is Cc1ccc(S(=O)(=O)CCC(=O)N(C)C(C)c2cc3ccccc3o2)cc1. The monoisotopic (exact) mass is 385 g/mol. The Morgan fingerprint density at radius 2 is 1.78 bits per heavy atom. The molecule has 142 valence electrons. The van der Waals surface area contributed by atoms with Crippen molar-refractivity contribution >= 4 is 26.7 Å². The van der Waals surface area contributed by atoms with Gasteiger partial charge in [0.2, 0.25) is 5.91 Å². The van der Waals surface area contributed by atoms with E-state index in [0.717, 1.165) is 16.5 Å². The van der Waals surface area contributed by atoms with Crippen molar-refractivity contribution in [3.05, 3.63) is 65.9 Å². The summed E-state index contributed by atoms with van der Waals surface area (Å²) in [6.45, 7) is 3.76. The van der Waals surface area contributed by atoms with E-state index < -0.39 is 9.84 Å². The number of carbonyl (C=O) groups excluding carboxylic acids is 1. The minimum atomic E-state index is -3.49. The highest BCUT2D eigenvalue weighted by molar-refractivity contribution is 7.91. The summed E-state index contributed by atoms with van der Waals surface area (Å²) in [5, 5.41) is 0.974. The van der Waals surface area contributed by atoms with Crippen LogP contribution in [0.4, 0.5) is 0 Å². The Kier molecular flexibility index (Phi) is 5.37. The summed E-state index contributed by atoms with van der Waals surface area (Å²) < 4.78 is 30.7. The van der Waals surface area contributed by atoms with Gasteiger partial charge in [-0.1, -0.05) is 35.9 Å². The third-order valence-corrected chi connectivity index (χ3v) is 6.53. The van der Waals surface area contributed by atoms with Crippen LogP contribution in [0.25, 0.3) is 11.0 Å². The number of hydrogen-bond donors (Lipinski definition) is 0. The largest absolute Gasteiger partial charge is 0.459 e. The van der Waals surface area contributed by atoms with E-state index in [1.165, 1.54) is 4.90 Å². The molecule has 1 heterocycles. The number of fused-ring (bicyclic) bond motifs is 1. The molecule has 1 aromatic heterocycles. The zero-order valence-corrected chi connectivity index (χ0v) is 16.5. The molecule has 0 aliphatic heterocycles. The van der Waals surface area contributed by atoms with E-state index >= 15 is 0 Å². The Morgan fingerprint density at radius 1 is 1.11 bits per heavy atom. The minimum Gasteiger partial charge on any atom is -0.459 e. The Labute approximate surface area is 159 Å². The van der Waals surface area contributed by atoms with Crippen LogP contribution in [0.2, 0.25) is 0 Å². The molecular weight excluding hydrogens is 362 g/mol. The number of hydrogen-bond acceptors (Lipinski definition) is 4. The molecule has 1 unspecified atom stereocenters. The van der Waals surface area contributed by atoms with Gasteiger partial charge in [0.05, 0.1) is 16.7 Å². The molecule has 0 aliphatic carbocycles. The molecule has 3 rings (SSSR count). The normalized spacial score (nSPS) is 12.9. The molecule has 0 bridgehead atoms. The molecule has 1 atom stereocenters. The smallest absolute Gasteiger partial charge is 0.223 e. The second-order valence-electron chi connectivity index (χ2n) is 6.75. The fourth-order valence-electron chi connectivity index (χ4n) is 2.88. The highest BCUT2D eigenvalue weighted by Gasteiger charge is 2.23. The van der Waals surface area contributed by atoms with Crippen LogP contribution >= 0.6 is 0 Å². The Hall–Kier alpha value is -2.60. The molecule has 6 heteroatoms. The molecule has 0 saturated carbocycles. The predicted octanol–water partition coefficient (Wildman–Crippen LogP) is 4.12. The van der Waals surface area contributed by atoms with Crippen molar-refractivity contribution in [2.24, 2.45) is 0 Å². The number of benzene rings is 2. The van der Waals surface area contributed by atoms with Gasteiger partial charge >= 0.3 is 0 Å². The first-order chi connectivity index (χ1) is 12.8. The van der Waals surface area contributed by atoms with Crippen molar-refractivity contribution in [2.75, 3.05) is 12.8 Å². The van der Waals surface area contributed by atoms with Crippen molar-refractivity contribution < 1.29 is 17.6 Å².